The number of benzene rings is 2. The minimum absolute atomic E-state index is 0.0616. The highest BCUT2D eigenvalue weighted by Gasteiger charge is 2.13. The normalized spacial score (nSPS) is 10.4. The second kappa shape index (κ2) is 8.88. The molecule has 0 atom stereocenters. The molecule has 0 bridgehead atoms. The van der Waals surface area contributed by atoms with Crippen LogP contribution in [0, 0.1) is 17.1 Å². The number of furan rings is 1. The van der Waals surface area contributed by atoms with Gasteiger partial charge >= 0.3 is 0 Å². The van der Waals surface area contributed by atoms with Crippen molar-refractivity contribution >= 4 is 11.0 Å². The second-order valence-electron chi connectivity index (χ2n) is 5.89. The Morgan fingerprint density at radius 2 is 1.93 bits per heavy atom. The number of hydrogen-bond acceptors (Lipinski definition) is 6. The number of aromatic amines is 1. The standard InChI is InChI=1S/C18H12FN5O2.CH2F2/c19-14-6-12-8-17(18-21-23-24-22-18)26-16(12)7-11(14)3-1-10-2-4-15(25)13(5-10)9-20;2-1-3/h2,4-8,25H,1,3H2,(H,21,22,23,24);1H2. The fourth-order valence-electron chi connectivity index (χ4n) is 2.78. The van der Waals surface area contributed by atoms with Gasteiger partial charge in [-0.25, -0.2) is 13.2 Å². The average Bonchev–Trinajstić information content (AvgIpc) is 3.37. The van der Waals surface area contributed by atoms with Crippen molar-refractivity contribution in [3.05, 3.63) is 58.9 Å². The van der Waals surface area contributed by atoms with E-state index < -0.39 is 6.93 Å². The van der Waals surface area contributed by atoms with Gasteiger partial charge in [0.2, 0.25) is 12.8 Å². The Bertz CT molecular complexity index is 1150. The lowest BCUT2D eigenvalue weighted by Gasteiger charge is -2.05. The maximum Gasteiger partial charge on any atom is 0.239 e. The van der Waals surface area contributed by atoms with Gasteiger partial charge < -0.3 is 9.52 Å². The van der Waals surface area contributed by atoms with E-state index in [9.17, 15) is 18.3 Å². The molecule has 2 heterocycles. The van der Waals surface area contributed by atoms with E-state index in [0.29, 0.717) is 41.0 Å². The van der Waals surface area contributed by atoms with Crippen molar-refractivity contribution in [2.24, 2.45) is 0 Å². The van der Waals surface area contributed by atoms with E-state index >= 15 is 0 Å². The first-order chi connectivity index (χ1) is 14.0. The van der Waals surface area contributed by atoms with Gasteiger partial charge in [0.25, 0.3) is 0 Å². The number of nitrogens with one attached hydrogen (secondary N) is 1. The van der Waals surface area contributed by atoms with Crippen LogP contribution in [0.2, 0.25) is 0 Å². The summed E-state index contributed by atoms with van der Waals surface area (Å²) >= 11 is 0. The molecule has 7 nitrogen and oxygen atoms in total. The number of phenols is 1. The number of hydrogen-bond donors (Lipinski definition) is 2. The number of alkyl halides is 2. The van der Waals surface area contributed by atoms with Gasteiger partial charge in [0.05, 0.1) is 5.56 Å². The zero-order valence-corrected chi connectivity index (χ0v) is 14.9. The molecule has 0 unspecified atom stereocenters. The highest BCUT2D eigenvalue weighted by atomic mass is 19.3. The molecule has 4 aromatic rings. The molecule has 0 amide bonds. The van der Waals surface area contributed by atoms with Crippen molar-refractivity contribution in [3.63, 3.8) is 0 Å². The predicted octanol–water partition coefficient (Wildman–Crippen LogP) is 4.00. The Morgan fingerprint density at radius 1 is 1.14 bits per heavy atom. The summed E-state index contributed by atoms with van der Waals surface area (Å²) in [6.07, 6.45) is 0.950. The maximum absolute atomic E-state index is 14.4. The largest absolute Gasteiger partial charge is 0.507 e. The van der Waals surface area contributed by atoms with Gasteiger partial charge in [0.15, 0.2) is 5.76 Å². The summed E-state index contributed by atoms with van der Waals surface area (Å²) in [7, 11) is 0. The molecule has 0 aliphatic rings. The van der Waals surface area contributed by atoms with Crippen molar-refractivity contribution < 1.29 is 22.7 Å². The predicted molar refractivity (Wildman–Crippen MR) is 96.7 cm³/mol. The van der Waals surface area contributed by atoms with Gasteiger partial charge in [-0.3, -0.25) is 0 Å². The number of tetrazole rings is 1. The lowest BCUT2D eigenvalue weighted by atomic mass is 10.0. The van der Waals surface area contributed by atoms with Crippen LogP contribution in [0.3, 0.4) is 0 Å². The summed E-state index contributed by atoms with van der Waals surface area (Å²) in [6.45, 7) is -1.75. The van der Waals surface area contributed by atoms with Gasteiger partial charge in [-0.15, -0.1) is 10.2 Å². The average molecular weight is 401 g/mol. The number of halogens is 3. The van der Waals surface area contributed by atoms with E-state index in [1.54, 1.807) is 24.3 Å². The molecule has 4 rings (SSSR count). The van der Waals surface area contributed by atoms with E-state index in [4.69, 9.17) is 9.68 Å². The first-order valence-corrected chi connectivity index (χ1v) is 8.35. The number of phenolic OH excluding ortho intramolecular Hbond substituents is 1. The molecule has 2 aromatic carbocycles. The highest BCUT2D eigenvalue weighted by molar-refractivity contribution is 5.82. The lowest BCUT2D eigenvalue weighted by Crippen LogP contribution is -1.95. The molecular formula is C19H14F3N5O2. The molecule has 2 aromatic heterocycles. The zero-order valence-electron chi connectivity index (χ0n) is 14.9. The van der Waals surface area contributed by atoms with Crippen molar-refractivity contribution in [1.29, 1.82) is 5.26 Å². The molecule has 0 saturated heterocycles. The molecule has 0 fully saturated rings. The molecule has 0 spiro atoms. The van der Waals surface area contributed by atoms with Crippen LogP contribution in [-0.4, -0.2) is 32.7 Å². The number of fused-ring (bicyclic) bond motifs is 1. The summed E-state index contributed by atoms with van der Waals surface area (Å²) in [6, 6.07) is 11.4. The second-order valence-corrected chi connectivity index (χ2v) is 5.89. The number of aryl methyl sites for hydroxylation is 2. The quantitative estimate of drug-likeness (QED) is 0.535. The van der Waals surface area contributed by atoms with E-state index in [1.807, 2.05) is 6.07 Å². The Labute approximate surface area is 162 Å². The van der Waals surface area contributed by atoms with Crippen molar-refractivity contribution in [2.75, 3.05) is 6.93 Å². The molecule has 0 aliphatic heterocycles. The fourth-order valence-corrected chi connectivity index (χ4v) is 2.78. The topological polar surface area (TPSA) is 112 Å². The fraction of sp³-hybridized carbons (Fsp3) is 0.158. The summed E-state index contributed by atoms with van der Waals surface area (Å²) < 4.78 is 39.3. The number of aromatic nitrogens is 4. The first-order valence-electron chi connectivity index (χ1n) is 8.35. The summed E-state index contributed by atoms with van der Waals surface area (Å²) in [5, 5.41) is 32.6. The van der Waals surface area contributed by atoms with Crippen molar-refractivity contribution in [1.82, 2.24) is 20.6 Å². The van der Waals surface area contributed by atoms with Crippen molar-refractivity contribution in [3.8, 4) is 23.4 Å². The first kappa shape index (κ1) is 19.9. The zero-order chi connectivity index (χ0) is 20.8. The third-order valence-corrected chi connectivity index (χ3v) is 4.12. The maximum atomic E-state index is 14.4. The number of aromatic hydroxyl groups is 1. The molecule has 29 heavy (non-hydrogen) atoms. The van der Waals surface area contributed by atoms with Crippen molar-refractivity contribution in [2.45, 2.75) is 12.8 Å². The Balaban J connectivity index is 0.000000755. The van der Waals surface area contributed by atoms with E-state index in [1.165, 1.54) is 12.1 Å². The molecule has 148 valence electrons. The van der Waals surface area contributed by atoms with Gasteiger partial charge in [0, 0.05) is 5.39 Å². The molecule has 0 radical (unpaired) electrons. The minimum Gasteiger partial charge on any atom is -0.507 e. The lowest BCUT2D eigenvalue weighted by molar-refractivity contribution is 0.295. The number of nitrogens with zero attached hydrogens (tertiary/aromatic N) is 4. The van der Waals surface area contributed by atoms with Gasteiger partial charge in [-0.05, 0) is 59.5 Å². The van der Waals surface area contributed by atoms with Gasteiger partial charge in [-0.1, -0.05) is 6.07 Å². The SMILES string of the molecule is FCF.N#Cc1cc(CCc2cc3oc(-c4nn[nH]n4)cc3cc2F)ccc1O. The van der Waals surface area contributed by atoms with Crippen LogP contribution in [0.25, 0.3) is 22.6 Å². The van der Waals surface area contributed by atoms with Crippen LogP contribution in [0.4, 0.5) is 13.2 Å². The third-order valence-electron chi connectivity index (χ3n) is 4.12. The smallest absolute Gasteiger partial charge is 0.239 e. The summed E-state index contributed by atoms with van der Waals surface area (Å²) in [5.74, 6) is 0.310. The van der Waals surface area contributed by atoms with Crippen LogP contribution in [0.15, 0.2) is 40.8 Å². The molecular weight excluding hydrogens is 387 g/mol. The van der Waals surface area contributed by atoms with Gasteiger partial charge in [0.1, 0.15) is 23.2 Å². The van der Waals surface area contributed by atoms with E-state index in [0.717, 1.165) is 5.56 Å². The molecule has 10 heteroatoms. The van der Waals surface area contributed by atoms with E-state index in [-0.39, 0.29) is 17.1 Å². The monoisotopic (exact) mass is 401 g/mol. The molecule has 0 saturated carbocycles. The molecule has 2 N–H and O–H groups in total. The van der Waals surface area contributed by atoms with Crippen LogP contribution in [-0.2, 0) is 12.8 Å². The van der Waals surface area contributed by atoms with Crippen LogP contribution in [0.5, 0.6) is 5.75 Å². The van der Waals surface area contributed by atoms with Gasteiger partial charge in [-0.2, -0.15) is 10.5 Å². The minimum atomic E-state index is -1.75. The number of rotatable bonds is 4. The summed E-state index contributed by atoms with van der Waals surface area (Å²) in [4.78, 5) is 0. The number of H-pyrrole nitrogens is 1. The third kappa shape index (κ3) is 4.52. The molecule has 0 aliphatic carbocycles. The van der Waals surface area contributed by atoms with Crippen LogP contribution in [0.1, 0.15) is 16.7 Å². The van der Waals surface area contributed by atoms with Crippen LogP contribution < -0.4 is 0 Å². The highest BCUT2D eigenvalue weighted by Crippen LogP contribution is 2.28. The van der Waals surface area contributed by atoms with E-state index in [2.05, 4.69) is 20.6 Å². The number of nitriles is 1. The Morgan fingerprint density at radius 3 is 2.62 bits per heavy atom. The summed E-state index contributed by atoms with van der Waals surface area (Å²) in [5.41, 5.74) is 2.07. The Kier molecular flexibility index (Phi) is 6.09. The van der Waals surface area contributed by atoms with Crippen LogP contribution >= 0.6 is 0 Å². The Hall–Kier alpha value is -3.87.